The van der Waals surface area contributed by atoms with Crippen LogP contribution in [0.5, 0.6) is 0 Å². The van der Waals surface area contributed by atoms with Gasteiger partial charge in [-0.15, -0.1) is 12.4 Å². The van der Waals surface area contributed by atoms with Gasteiger partial charge in [0, 0.05) is 22.6 Å². The molecule has 0 spiro atoms. The van der Waals surface area contributed by atoms with E-state index in [1.165, 1.54) is 33.3 Å². The maximum atomic E-state index is 6.24. The van der Waals surface area contributed by atoms with Crippen LogP contribution in [0.15, 0.2) is 48.5 Å². The van der Waals surface area contributed by atoms with E-state index in [0.29, 0.717) is 0 Å². The van der Waals surface area contributed by atoms with E-state index in [0.717, 1.165) is 12.8 Å². The van der Waals surface area contributed by atoms with Gasteiger partial charge in [-0.1, -0.05) is 42.5 Å². The van der Waals surface area contributed by atoms with Crippen molar-refractivity contribution in [3.05, 3.63) is 59.7 Å². The molecule has 1 aromatic heterocycles. The highest BCUT2D eigenvalue weighted by molar-refractivity contribution is 5.94. The summed E-state index contributed by atoms with van der Waals surface area (Å²) < 4.78 is 0. The van der Waals surface area contributed by atoms with Crippen molar-refractivity contribution >= 4 is 23.3 Å². The number of aromatic nitrogens is 1. The van der Waals surface area contributed by atoms with Crippen LogP contribution < -0.4 is 5.73 Å². The SMILES string of the molecule is Cl.NC1CCc2c(-c3ccccc3)[nH]c3cccc1c23. The molecule has 0 radical (unpaired) electrons. The van der Waals surface area contributed by atoms with Crippen molar-refractivity contribution in [3.63, 3.8) is 0 Å². The first kappa shape index (κ1) is 13.2. The van der Waals surface area contributed by atoms with Crippen molar-refractivity contribution in [2.75, 3.05) is 0 Å². The number of halogens is 1. The number of aromatic amines is 1. The van der Waals surface area contributed by atoms with Crippen molar-refractivity contribution < 1.29 is 0 Å². The largest absolute Gasteiger partial charge is 0.354 e. The molecule has 3 aromatic rings. The van der Waals surface area contributed by atoms with Crippen LogP contribution in [-0.2, 0) is 6.42 Å². The third kappa shape index (κ3) is 1.84. The van der Waals surface area contributed by atoms with Gasteiger partial charge < -0.3 is 10.7 Å². The molecule has 0 saturated heterocycles. The molecule has 1 aliphatic rings. The summed E-state index contributed by atoms with van der Waals surface area (Å²) in [5, 5.41) is 1.35. The lowest BCUT2D eigenvalue weighted by Crippen LogP contribution is -2.15. The van der Waals surface area contributed by atoms with Crippen LogP contribution in [0.3, 0.4) is 0 Å². The fourth-order valence-corrected chi connectivity index (χ4v) is 3.21. The standard InChI is InChI=1S/C17H16N2.ClH/c18-14-10-9-13-16-12(14)7-4-8-15(16)19-17(13)11-5-2-1-3-6-11;/h1-8,14,19H,9-10,18H2;1H. The number of H-pyrrole nitrogens is 1. The number of nitrogens with one attached hydrogen (secondary N) is 1. The zero-order valence-electron chi connectivity index (χ0n) is 11.1. The fraction of sp³-hybridized carbons (Fsp3) is 0.176. The topological polar surface area (TPSA) is 41.8 Å². The minimum atomic E-state index is 0. The fourth-order valence-electron chi connectivity index (χ4n) is 3.21. The third-order valence-corrected chi connectivity index (χ3v) is 4.13. The Morgan fingerprint density at radius 2 is 1.80 bits per heavy atom. The molecule has 0 amide bonds. The first-order valence-corrected chi connectivity index (χ1v) is 6.79. The molecule has 0 bridgehead atoms. The van der Waals surface area contributed by atoms with Gasteiger partial charge in [0.05, 0.1) is 0 Å². The summed E-state index contributed by atoms with van der Waals surface area (Å²) in [6.45, 7) is 0. The number of benzene rings is 2. The number of nitrogens with two attached hydrogens (primary N) is 1. The highest BCUT2D eigenvalue weighted by Crippen LogP contribution is 2.39. The van der Waals surface area contributed by atoms with Crippen LogP contribution in [0.4, 0.5) is 0 Å². The smallest absolute Gasteiger partial charge is 0.0497 e. The predicted octanol–water partition coefficient (Wildman–Crippen LogP) is 4.20. The summed E-state index contributed by atoms with van der Waals surface area (Å²) in [5.41, 5.74) is 12.7. The molecule has 0 fully saturated rings. The quantitative estimate of drug-likeness (QED) is 0.691. The van der Waals surface area contributed by atoms with Crippen molar-refractivity contribution in [2.45, 2.75) is 18.9 Å². The molecule has 1 heterocycles. The van der Waals surface area contributed by atoms with E-state index in [9.17, 15) is 0 Å². The minimum absolute atomic E-state index is 0. The van der Waals surface area contributed by atoms with Crippen LogP contribution >= 0.6 is 12.4 Å². The van der Waals surface area contributed by atoms with Gasteiger partial charge in [0.2, 0.25) is 0 Å². The van der Waals surface area contributed by atoms with Gasteiger partial charge in [0.1, 0.15) is 0 Å². The van der Waals surface area contributed by atoms with Crippen LogP contribution in [0, 0.1) is 0 Å². The van der Waals surface area contributed by atoms with Gasteiger partial charge in [-0.2, -0.15) is 0 Å². The van der Waals surface area contributed by atoms with E-state index >= 15 is 0 Å². The molecule has 0 aliphatic heterocycles. The van der Waals surface area contributed by atoms with E-state index in [-0.39, 0.29) is 18.4 Å². The molecular formula is C17H17ClN2. The van der Waals surface area contributed by atoms with E-state index in [1.807, 2.05) is 0 Å². The highest BCUT2D eigenvalue weighted by atomic mass is 35.5. The molecule has 1 aliphatic carbocycles. The Kier molecular flexibility index (Phi) is 3.28. The van der Waals surface area contributed by atoms with Crippen LogP contribution in [0.25, 0.3) is 22.2 Å². The molecule has 20 heavy (non-hydrogen) atoms. The second-order valence-corrected chi connectivity index (χ2v) is 5.26. The predicted molar refractivity (Wildman–Crippen MR) is 86.2 cm³/mol. The van der Waals surface area contributed by atoms with E-state index in [2.05, 4.69) is 53.5 Å². The molecule has 0 saturated carbocycles. The number of hydrogen-bond acceptors (Lipinski definition) is 1. The molecule has 4 rings (SSSR count). The maximum absolute atomic E-state index is 6.24. The van der Waals surface area contributed by atoms with E-state index < -0.39 is 0 Å². The second kappa shape index (κ2) is 4.97. The van der Waals surface area contributed by atoms with E-state index in [4.69, 9.17) is 5.73 Å². The van der Waals surface area contributed by atoms with Crippen LogP contribution in [0.2, 0.25) is 0 Å². The van der Waals surface area contributed by atoms with Crippen molar-refractivity contribution in [3.8, 4) is 11.3 Å². The summed E-state index contributed by atoms with van der Waals surface area (Å²) >= 11 is 0. The van der Waals surface area contributed by atoms with Crippen molar-refractivity contribution in [1.29, 1.82) is 0 Å². The monoisotopic (exact) mass is 284 g/mol. The maximum Gasteiger partial charge on any atom is 0.0497 e. The van der Waals surface area contributed by atoms with Crippen molar-refractivity contribution in [2.24, 2.45) is 5.73 Å². The molecule has 102 valence electrons. The lowest BCUT2D eigenvalue weighted by atomic mass is 9.87. The highest BCUT2D eigenvalue weighted by Gasteiger charge is 2.23. The summed E-state index contributed by atoms with van der Waals surface area (Å²) in [6, 6.07) is 17.1. The first-order chi connectivity index (χ1) is 9.34. The number of rotatable bonds is 1. The van der Waals surface area contributed by atoms with Crippen LogP contribution in [0.1, 0.15) is 23.6 Å². The Bertz CT molecular complexity index is 746. The Morgan fingerprint density at radius 3 is 2.60 bits per heavy atom. The summed E-state index contributed by atoms with van der Waals surface area (Å²) in [4.78, 5) is 3.58. The van der Waals surface area contributed by atoms with Gasteiger partial charge in [0.15, 0.2) is 0 Å². The van der Waals surface area contributed by atoms with E-state index in [1.54, 1.807) is 0 Å². The minimum Gasteiger partial charge on any atom is -0.354 e. The second-order valence-electron chi connectivity index (χ2n) is 5.26. The Morgan fingerprint density at radius 1 is 1.00 bits per heavy atom. The summed E-state index contributed by atoms with van der Waals surface area (Å²) in [7, 11) is 0. The first-order valence-electron chi connectivity index (χ1n) is 6.79. The molecule has 3 N–H and O–H groups in total. The number of hydrogen-bond donors (Lipinski definition) is 2. The normalized spacial score (nSPS) is 16.9. The Hall–Kier alpha value is -1.77. The zero-order chi connectivity index (χ0) is 12.8. The Labute approximate surface area is 124 Å². The summed E-state index contributed by atoms with van der Waals surface area (Å²) in [5.74, 6) is 0. The van der Waals surface area contributed by atoms with Gasteiger partial charge >= 0.3 is 0 Å². The van der Waals surface area contributed by atoms with Crippen molar-refractivity contribution in [1.82, 2.24) is 4.98 Å². The molecule has 1 unspecified atom stereocenters. The van der Waals surface area contributed by atoms with Gasteiger partial charge in [-0.3, -0.25) is 0 Å². The van der Waals surface area contributed by atoms with Crippen LogP contribution in [-0.4, -0.2) is 4.98 Å². The average molecular weight is 285 g/mol. The average Bonchev–Trinajstić information content (AvgIpc) is 2.84. The lowest BCUT2D eigenvalue weighted by Gasteiger charge is -2.20. The molecule has 2 nitrogen and oxygen atoms in total. The lowest BCUT2D eigenvalue weighted by molar-refractivity contribution is 0.644. The van der Waals surface area contributed by atoms with Gasteiger partial charge in [-0.25, -0.2) is 0 Å². The summed E-state index contributed by atoms with van der Waals surface area (Å²) in [6.07, 6.45) is 2.09. The molecule has 2 aromatic carbocycles. The molecular weight excluding hydrogens is 268 g/mol. The number of aryl methyl sites for hydroxylation is 1. The Balaban J connectivity index is 0.00000121. The van der Waals surface area contributed by atoms with Gasteiger partial charge in [0.25, 0.3) is 0 Å². The zero-order valence-corrected chi connectivity index (χ0v) is 11.9. The molecule has 3 heteroatoms. The van der Waals surface area contributed by atoms with Gasteiger partial charge in [-0.05, 0) is 35.6 Å². The molecule has 1 atom stereocenters. The third-order valence-electron chi connectivity index (χ3n) is 4.13.